The number of benzene rings is 2. The van der Waals surface area contributed by atoms with Crippen LogP contribution in [0, 0.1) is 0 Å². The van der Waals surface area contributed by atoms with Crippen molar-refractivity contribution in [2.45, 2.75) is 18.1 Å². The topological polar surface area (TPSA) is 100 Å². The van der Waals surface area contributed by atoms with Crippen LogP contribution in [0.1, 0.15) is 17.8 Å². The van der Waals surface area contributed by atoms with E-state index in [-0.39, 0.29) is 5.69 Å². The molecule has 33 heavy (non-hydrogen) atoms. The van der Waals surface area contributed by atoms with E-state index in [0.717, 1.165) is 0 Å². The van der Waals surface area contributed by atoms with Crippen LogP contribution < -0.4 is 16.4 Å². The van der Waals surface area contributed by atoms with E-state index in [9.17, 15) is 22.8 Å². The second-order valence-corrected chi connectivity index (χ2v) is 8.14. The molecule has 4 rings (SSSR count). The lowest BCUT2D eigenvalue weighted by molar-refractivity contribution is -0.174. The molecule has 7 nitrogen and oxygen atoms in total. The maximum atomic E-state index is 14.6. The molecule has 0 spiro atoms. The Balaban J connectivity index is 1.77. The van der Waals surface area contributed by atoms with Gasteiger partial charge in [-0.25, -0.2) is 9.59 Å². The van der Waals surface area contributed by atoms with Crippen molar-refractivity contribution in [1.29, 1.82) is 0 Å². The van der Waals surface area contributed by atoms with E-state index >= 15 is 0 Å². The van der Waals surface area contributed by atoms with Crippen molar-refractivity contribution in [1.82, 2.24) is 15.5 Å². The fourth-order valence-electron chi connectivity index (χ4n) is 3.54. The Bertz CT molecular complexity index is 1300. The molecule has 1 heterocycles. The fraction of sp³-hybridized carbons (Fsp3) is 0.136. The number of nitrogens with one attached hydrogen (secondary N) is 3. The first kappa shape index (κ1) is 22.6. The number of amides is 2. The second kappa shape index (κ2) is 8.74. The summed E-state index contributed by atoms with van der Waals surface area (Å²) in [5.41, 5.74) is -1.90. The zero-order valence-electron chi connectivity index (χ0n) is 16.7. The van der Waals surface area contributed by atoms with Crippen LogP contribution in [-0.4, -0.2) is 27.9 Å². The number of hydrogen-bond donors (Lipinski definition) is 3. The van der Waals surface area contributed by atoms with Gasteiger partial charge in [0.1, 0.15) is 0 Å². The van der Waals surface area contributed by atoms with Gasteiger partial charge >= 0.3 is 18.0 Å². The molecular formula is C22H16BrF3N4O3. The summed E-state index contributed by atoms with van der Waals surface area (Å²) in [4.78, 5) is 26.4. The number of halogens is 4. The summed E-state index contributed by atoms with van der Waals surface area (Å²) in [5.74, 6) is -1.45. The van der Waals surface area contributed by atoms with Crippen LogP contribution in [0.5, 0.6) is 0 Å². The average Bonchev–Trinajstić information content (AvgIpc) is 3.19. The molecule has 1 aliphatic carbocycles. The summed E-state index contributed by atoms with van der Waals surface area (Å²) in [5, 5.41) is 7.93. The smallest absolute Gasteiger partial charge is 0.319 e. The van der Waals surface area contributed by atoms with Gasteiger partial charge in [0.05, 0.1) is 0 Å². The van der Waals surface area contributed by atoms with Gasteiger partial charge < -0.3 is 10.6 Å². The molecule has 3 aromatic rings. The molecular weight excluding hydrogens is 505 g/mol. The first-order valence-corrected chi connectivity index (χ1v) is 10.4. The van der Waals surface area contributed by atoms with Gasteiger partial charge in [0.2, 0.25) is 0 Å². The lowest BCUT2D eigenvalue weighted by Gasteiger charge is -2.39. The average molecular weight is 521 g/mol. The van der Waals surface area contributed by atoms with Gasteiger partial charge in [-0.3, -0.25) is 9.51 Å². The molecule has 2 aromatic carbocycles. The van der Waals surface area contributed by atoms with E-state index in [1.54, 1.807) is 48.5 Å². The molecule has 0 saturated heterocycles. The third kappa shape index (κ3) is 4.63. The number of nitrogens with zero attached hydrogens (tertiary/aromatic N) is 1. The van der Waals surface area contributed by atoms with E-state index in [0.29, 0.717) is 15.6 Å². The Morgan fingerprint density at radius 1 is 1.15 bits per heavy atom. The number of allylic oxidation sites excluding steroid dienone is 2. The largest absolute Gasteiger partial charge is 0.439 e. The summed E-state index contributed by atoms with van der Waals surface area (Å²) in [6.07, 6.45) is -2.96. The maximum Gasteiger partial charge on any atom is 0.439 e. The summed E-state index contributed by atoms with van der Waals surface area (Å²) in [6, 6.07) is 14.1. The number of hydrogen-bond acceptors (Lipinski definition) is 4. The number of urea groups is 1. The Kier molecular flexibility index (Phi) is 5.98. The van der Waals surface area contributed by atoms with Gasteiger partial charge in [-0.15, -0.1) is 0 Å². The number of carbonyl (C=O) groups is 1. The van der Waals surface area contributed by atoms with Gasteiger partial charge in [0.15, 0.2) is 11.4 Å². The minimum absolute atomic E-state index is 0.288. The van der Waals surface area contributed by atoms with E-state index in [1.807, 2.05) is 0 Å². The number of aromatic nitrogens is 2. The molecule has 1 aromatic heterocycles. The van der Waals surface area contributed by atoms with Crippen molar-refractivity contribution in [2.24, 2.45) is 0 Å². The van der Waals surface area contributed by atoms with Crippen molar-refractivity contribution in [2.75, 3.05) is 5.32 Å². The highest BCUT2D eigenvalue weighted by atomic mass is 79.9. The zero-order chi connectivity index (χ0) is 23.6. The van der Waals surface area contributed by atoms with Crippen molar-refractivity contribution in [3.8, 4) is 0 Å². The summed E-state index contributed by atoms with van der Waals surface area (Å²) in [6.45, 7) is 0. The first-order chi connectivity index (χ1) is 15.7. The van der Waals surface area contributed by atoms with Crippen molar-refractivity contribution in [3.63, 3.8) is 0 Å². The molecule has 170 valence electrons. The van der Waals surface area contributed by atoms with Crippen LogP contribution in [0.15, 0.2) is 80.5 Å². The quantitative estimate of drug-likeness (QED) is 0.444. The fourth-order valence-corrected chi connectivity index (χ4v) is 3.94. The van der Waals surface area contributed by atoms with E-state index < -0.39 is 41.3 Å². The molecule has 0 fully saturated rings. The highest BCUT2D eigenvalue weighted by molar-refractivity contribution is 9.10. The van der Waals surface area contributed by atoms with Crippen LogP contribution in [0.3, 0.4) is 0 Å². The summed E-state index contributed by atoms with van der Waals surface area (Å²) in [7, 11) is 0. The molecule has 3 N–H and O–H groups in total. The number of H-pyrrole nitrogens is 1. The minimum atomic E-state index is -4.94. The third-order valence-corrected chi connectivity index (χ3v) is 5.58. The highest BCUT2D eigenvalue weighted by Crippen LogP contribution is 2.46. The minimum Gasteiger partial charge on any atom is -0.319 e. The molecule has 11 heteroatoms. The summed E-state index contributed by atoms with van der Waals surface area (Å²) >= 11 is 3.24. The number of carbonyl (C=O) groups excluding carboxylic acids is 1. The van der Waals surface area contributed by atoms with E-state index in [1.165, 1.54) is 18.2 Å². The zero-order valence-corrected chi connectivity index (χ0v) is 18.3. The maximum absolute atomic E-state index is 14.6. The normalized spacial score (nSPS) is 18.3. The standard InChI is InChI=1S/C22H16BrF3N4O3/c23-15-7-4-8-16(12-15)27-19(31)29-21(22(24,25)26)10-9-14(13-5-2-1-3-6-13)11-17(21)18-28-20(32)33-30-18/h1-9,11-12H,10H2,(H2,27,29,31)(H,28,30,32). The molecule has 0 aliphatic heterocycles. The predicted octanol–water partition coefficient (Wildman–Crippen LogP) is 5.12. The van der Waals surface area contributed by atoms with Crippen LogP contribution in [0.25, 0.3) is 11.1 Å². The molecule has 1 aliphatic rings. The van der Waals surface area contributed by atoms with E-state index in [4.69, 9.17) is 0 Å². The van der Waals surface area contributed by atoms with Crippen LogP contribution in [0.4, 0.5) is 23.7 Å². The van der Waals surface area contributed by atoms with Gasteiger partial charge in [-0.05, 0) is 35.4 Å². The van der Waals surface area contributed by atoms with Crippen LogP contribution >= 0.6 is 15.9 Å². The highest BCUT2D eigenvalue weighted by Gasteiger charge is 2.59. The van der Waals surface area contributed by atoms with Gasteiger partial charge in [0.25, 0.3) is 0 Å². The van der Waals surface area contributed by atoms with E-state index in [2.05, 4.69) is 41.2 Å². The lowest BCUT2D eigenvalue weighted by atomic mass is 9.78. The van der Waals surface area contributed by atoms with Gasteiger partial charge in [-0.2, -0.15) is 13.2 Å². The van der Waals surface area contributed by atoms with Crippen molar-refractivity contribution in [3.05, 3.63) is 93.2 Å². The molecule has 0 bridgehead atoms. The molecule has 0 radical (unpaired) electrons. The molecule has 0 saturated carbocycles. The lowest BCUT2D eigenvalue weighted by Crippen LogP contribution is -2.60. The monoisotopic (exact) mass is 520 g/mol. The van der Waals surface area contributed by atoms with Crippen LogP contribution in [0.2, 0.25) is 0 Å². The SMILES string of the molecule is O=C(Nc1cccc(Br)c1)NC1(C(F)(F)F)CC=C(c2ccccc2)C=C1c1noc(=O)[nH]1. The van der Waals surface area contributed by atoms with Crippen molar-refractivity contribution < 1.29 is 22.5 Å². The Labute approximate surface area is 193 Å². The Hall–Kier alpha value is -3.60. The van der Waals surface area contributed by atoms with Crippen LogP contribution in [-0.2, 0) is 0 Å². The van der Waals surface area contributed by atoms with Gasteiger partial charge in [0, 0.05) is 22.2 Å². The van der Waals surface area contributed by atoms with Crippen molar-refractivity contribution >= 4 is 38.8 Å². The second-order valence-electron chi connectivity index (χ2n) is 7.22. The summed E-state index contributed by atoms with van der Waals surface area (Å²) < 4.78 is 48.8. The Morgan fingerprint density at radius 3 is 2.55 bits per heavy atom. The number of rotatable bonds is 4. The predicted molar refractivity (Wildman–Crippen MR) is 119 cm³/mol. The molecule has 2 amide bonds. The number of anilines is 1. The molecule has 1 atom stereocenters. The molecule has 1 unspecified atom stereocenters. The Morgan fingerprint density at radius 2 is 1.91 bits per heavy atom. The number of alkyl halides is 3. The first-order valence-electron chi connectivity index (χ1n) is 9.63. The number of aromatic amines is 1. The third-order valence-electron chi connectivity index (χ3n) is 5.08. The van der Waals surface area contributed by atoms with Gasteiger partial charge in [-0.1, -0.05) is 63.6 Å².